The highest BCUT2D eigenvalue weighted by Crippen LogP contribution is 2.12. The first-order valence-electron chi connectivity index (χ1n) is 9.50. The van der Waals surface area contributed by atoms with Crippen molar-refractivity contribution in [3.05, 3.63) is 65.7 Å². The summed E-state index contributed by atoms with van der Waals surface area (Å²) in [6.07, 6.45) is 0. The molecule has 146 valence electrons. The van der Waals surface area contributed by atoms with Crippen molar-refractivity contribution in [2.75, 3.05) is 32.7 Å². The molecule has 1 fully saturated rings. The van der Waals surface area contributed by atoms with Crippen molar-refractivity contribution in [1.82, 2.24) is 14.5 Å². The number of aryl methyl sites for hydroxylation is 1. The maximum absolute atomic E-state index is 12.5. The molecule has 0 amide bonds. The van der Waals surface area contributed by atoms with E-state index in [0.29, 0.717) is 4.90 Å². The Morgan fingerprint density at radius 2 is 1.52 bits per heavy atom. The van der Waals surface area contributed by atoms with Crippen molar-refractivity contribution >= 4 is 10.0 Å². The summed E-state index contributed by atoms with van der Waals surface area (Å²) in [5.74, 6) is 0. The molecule has 1 aliphatic heterocycles. The second kappa shape index (κ2) is 8.97. The van der Waals surface area contributed by atoms with Crippen LogP contribution < -0.4 is 4.72 Å². The third kappa shape index (κ3) is 5.87. The lowest BCUT2D eigenvalue weighted by Crippen LogP contribution is -2.50. The maximum atomic E-state index is 12.5. The van der Waals surface area contributed by atoms with Crippen LogP contribution in [0.1, 0.15) is 18.1 Å². The summed E-state index contributed by atoms with van der Waals surface area (Å²) in [4.78, 5) is 5.11. The Kier molecular flexibility index (Phi) is 6.65. The van der Waals surface area contributed by atoms with Gasteiger partial charge in [-0.3, -0.25) is 9.80 Å². The zero-order valence-electron chi connectivity index (χ0n) is 16.1. The van der Waals surface area contributed by atoms with Crippen LogP contribution in [0.15, 0.2) is 59.5 Å². The van der Waals surface area contributed by atoms with Gasteiger partial charge in [0, 0.05) is 45.3 Å². The van der Waals surface area contributed by atoms with Gasteiger partial charge in [-0.05, 0) is 31.5 Å². The van der Waals surface area contributed by atoms with Crippen molar-refractivity contribution in [2.45, 2.75) is 31.3 Å². The summed E-state index contributed by atoms with van der Waals surface area (Å²) < 4.78 is 27.8. The monoisotopic (exact) mass is 387 g/mol. The average molecular weight is 388 g/mol. The third-order valence-electron chi connectivity index (χ3n) is 4.93. The van der Waals surface area contributed by atoms with Crippen LogP contribution in [0.4, 0.5) is 0 Å². The lowest BCUT2D eigenvalue weighted by atomic mass is 10.2. The molecule has 0 spiro atoms. The molecule has 2 aromatic rings. The first-order valence-corrected chi connectivity index (χ1v) is 11.0. The first kappa shape index (κ1) is 20.0. The number of rotatable bonds is 7. The fraction of sp³-hybridized carbons (Fsp3) is 0.429. The van der Waals surface area contributed by atoms with E-state index in [1.807, 2.05) is 32.0 Å². The van der Waals surface area contributed by atoms with E-state index in [-0.39, 0.29) is 6.04 Å². The van der Waals surface area contributed by atoms with E-state index in [2.05, 4.69) is 38.8 Å². The summed E-state index contributed by atoms with van der Waals surface area (Å²) in [7, 11) is -3.47. The molecule has 1 aliphatic rings. The Labute approximate surface area is 163 Å². The minimum absolute atomic E-state index is 0.128. The quantitative estimate of drug-likeness (QED) is 0.793. The van der Waals surface area contributed by atoms with Crippen LogP contribution in [0.3, 0.4) is 0 Å². The second-order valence-electron chi connectivity index (χ2n) is 7.40. The van der Waals surface area contributed by atoms with Crippen LogP contribution in [-0.2, 0) is 16.6 Å². The van der Waals surface area contributed by atoms with Gasteiger partial charge in [-0.25, -0.2) is 13.1 Å². The smallest absolute Gasteiger partial charge is 0.240 e. The standard InChI is InChI=1S/C21H29N3O2S/c1-18-8-10-21(11-9-18)27(25,26)22-19(2)16-23-12-14-24(15-13-23)17-20-6-4-3-5-7-20/h3-11,19,22H,12-17H2,1-2H3/t19-/m0/s1. The van der Waals surface area contributed by atoms with Crippen LogP contribution in [0.2, 0.25) is 0 Å². The predicted molar refractivity (Wildman–Crippen MR) is 109 cm³/mol. The number of piperazine rings is 1. The Bertz CT molecular complexity index is 814. The fourth-order valence-corrected chi connectivity index (χ4v) is 4.68. The van der Waals surface area contributed by atoms with Crippen LogP contribution in [-0.4, -0.2) is 57.0 Å². The highest BCUT2D eigenvalue weighted by Gasteiger charge is 2.22. The molecule has 1 N–H and O–H groups in total. The van der Waals surface area contributed by atoms with Crippen LogP contribution in [0.25, 0.3) is 0 Å². The molecular weight excluding hydrogens is 358 g/mol. The van der Waals surface area contributed by atoms with Crippen molar-refractivity contribution in [2.24, 2.45) is 0 Å². The lowest BCUT2D eigenvalue weighted by molar-refractivity contribution is 0.122. The summed E-state index contributed by atoms with van der Waals surface area (Å²) in [5, 5.41) is 0. The van der Waals surface area contributed by atoms with E-state index in [1.54, 1.807) is 12.1 Å². The molecule has 0 aliphatic carbocycles. The highest BCUT2D eigenvalue weighted by atomic mass is 32.2. The largest absolute Gasteiger partial charge is 0.299 e. The Balaban J connectivity index is 1.46. The topological polar surface area (TPSA) is 52.7 Å². The minimum Gasteiger partial charge on any atom is -0.299 e. The molecular formula is C21H29N3O2S. The molecule has 1 heterocycles. The van der Waals surface area contributed by atoms with Crippen LogP contribution >= 0.6 is 0 Å². The van der Waals surface area contributed by atoms with Gasteiger partial charge in [0.2, 0.25) is 10.0 Å². The Morgan fingerprint density at radius 1 is 0.926 bits per heavy atom. The minimum atomic E-state index is -3.47. The molecule has 1 saturated heterocycles. The molecule has 0 aromatic heterocycles. The molecule has 2 aromatic carbocycles. The summed E-state index contributed by atoms with van der Waals surface area (Å²) in [6.45, 7) is 9.52. The molecule has 0 unspecified atom stereocenters. The molecule has 27 heavy (non-hydrogen) atoms. The number of hydrogen-bond donors (Lipinski definition) is 1. The summed E-state index contributed by atoms with van der Waals surface area (Å²) in [5.41, 5.74) is 2.39. The van der Waals surface area contributed by atoms with Crippen molar-refractivity contribution < 1.29 is 8.42 Å². The predicted octanol–water partition coefficient (Wildman–Crippen LogP) is 2.48. The van der Waals surface area contributed by atoms with Gasteiger partial charge in [-0.2, -0.15) is 0 Å². The summed E-state index contributed by atoms with van der Waals surface area (Å²) >= 11 is 0. The molecule has 3 rings (SSSR count). The molecule has 0 bridgehead atoms. The van der Waals surface area contributed by atoms with Gasteiger partial charge in [0.05, 0.1) is 4.90 Å². The molecule has 5 nitrogen and oxygen atoms in total. The fourth-order valence-electron chi connectivity index (χ4n) is 3.45. The van der Waals surface area contributed by atoms with E-state index >= 15 is 0 Å². The van der Waals surface area contributed by atoms with E-state index in [0.717, 1.165) is 44.8 Å². The average Bonchev–Trinajstić information content (AvgIpc) is 2.64. The molecule has 6 heteroatoms. The van der Waals surface area contributed by atoms with E-state index in [4.69, 9.17) is 0 Å². The van der Waals surface area contributed by atoms with Crippen molar-refractivity contribution in [3.8, 4) is 0 Å². The maximum Gasteiger partial charge on any atom is 0.240 e. The number of sulfonamides is 1. The number of nitrogens with zero attached hydrogens (tertiary/aromatic N) is 2. The van der Waals surface area contributed by atoms with Gasteiger partial charge in [0.1, 0.15) is 0 Å². The van der Waals surface area contributed by atoms with Gasteiger partial charge in [0.15, 0.2) is 0 Å². The lowest BCUT2D eigenvalue weighted by Gasteiger charge is -2.36. The number of nitrogens with one attached hydrogen (secondary N) is 1. The second-order valence-corrected chi connectivity index (χ2v) is 9.11. The highest BCUT2D eigenvalue weighted by molar-refractivity contribution is 7.89. The van der Waals surface area contributed by atoms with Gasteiger partial charge < -0.3 is 0 Å². The normalized spacial score (nSPS) is 17.7. The zero-order valence-corrected chi connectivity index (χ0v) is 17.0. The molecule has 0 saturated carbocycles. The van der Waals surface area contributed by atoms with Gasteiger partial charge in [-0.1, -0.05) is 48.0 Å². The van der Waals surface area contributed by atoms with Gasteiger partial charge in [0.25, 0.3) is 0 Å². The number of hydrogen-bond acceptors (Lipinski definition) is 4. The molecule has 0 radical (unpaired) electrons. The van der Waals surface area contributed by atoms with E-state index < -0.39 is 10.0 Å². The third-order valence-corrected chi connectivity index (χ3v) is 6.54. The SMILES string of the molecule is Cc1ccc(S(=O)(=O)N[C@@H](C)CN2CCN(Cc3ccccc3)CC2)cc1. The van der Waals surface area contributed by atoms with Gasteiger partial charge >= 0.3 is 0 Å². The zero-order chi connectivity index (χ0) is 19.3. The molecule has 1 atom stereocenters. The van der Waals surface area contributed by atoms with Crippen molar-refractivity contribution in [3.63, 3.8) is 0 Å². The van der Waals surface area contributed by atoms with Crippen molar-refractivity contribution in [1.29, 1.82) is 0 Å². The Morgan fingerprint density at radius 3 is 2.15 bits per heavy atom. The van der Waals surface area contributed by atoms with Crippen LogP contribution in [0.5, 0.6) is 0 Å². The first-order chi connectivity index (χ1) is 12.9. The van der Waals surface area contributed by atoms with Crippen LogP contribution in [0, 0.1) is 6.92 Å². The summed E-state index contributed by atoms with van der Waals surface area (Å²) in [6, 6.07) is 17.4. The van der Waals surface area contributed by atoms with E-state index in [1.165, 1.54) is 5.56 Å². The van der Waals surface area contributed by atoms with E-state index in [9.17, 15) is 8.42 Å². The van der Waals surface area contributed by atoms with Gasteiger partial charge in [-0.15, -0.1) is 0 Å². The Hall–Kier alpha value is -1.73. The number of benzene rings is 2.